The van der Waals surface area contributed by atoms with Crippen molar-refractivity contribution in [2.24, 2.45) is 4.99 Å². The van der Waals surface area contributed by atoms with Gasteiger partial charge in [-0.2, -0.15) is 0 Å². The molecule has 2 fully saturated rings. The van der Waals surface area contributed by atoms with Gasteiger partial charge in [-0.15, -0.1) is 0 Å². The summed E-state index contributed by atoms with van der Waals surface area (Å²) in [7, 11) is -3.34. The molecule has 0 aliphatic carbocycles. The van der Waals surface area contributed by atoms with Gasteiger partial charge in [-0.3, -0.25) is 9.89 Å². The number of rotatable bonds is 8. The second-order valence-electron chi connectivity index (χ2n) is 7.71. The fourth-order valence-corrected chi connectivity index (χ4v) is 4.90. The first kappa shape index (κ1) is 21.5. The summed E-state index contributed by atoms with van der Waals surface area (Å²) in [6.45, 7) is 8.12. The molecular formula is C19H35N5O3S. The summed E-state index contributed by atoms with van der Waals surface area (Å²) in [5.41, 5.74) is 0. The monoisotopic (exact) mass is 413 g/mol. The Morgan fingerprint density at radius 1 is 1.25 bits per heavy atom. The lowest BCUT2D eigenvalue weighted by atomic mass is 10.1. The van der Waals surface area contributed by atoms with Crippen LogP contribution in [0.1, 0.15) is 32.6 Å². The summed E-state index contributed by atoms with van der Waals surface area (Å²) in [5, 5.41) is 3.31. The Kier molecular flexibility index (Phi) is 8.13. The van der Waals surface area contributed by atoms with Crippen LogP contribution >= 0.6 is 0 Å². The van der Waals surface area contributed by atoms with E-state index < -0.39 is 10.0 Å². The molecule has 160 valence electrons. The van der Waals surface area contributed by atoms with E-state index in [0.717, 1.165) is 71.0 Å². The van der Waals surface area contributed by atoms with E-state index in [2.05, 4.69) is 37.0 Å². The zero-order valence-corrected chi connectivity index (χ0v) is 17.8. The Hall–Kier alpha value is -1.16. The van der Waals surface area contributed by atoms with Gasteiger partial charge in [0.25, 0.3) is 0 Å². The first-order chi connectivity index (χ1) is 13.6. The normalized spacial score (nSPS) is 26.9. The van der Waals surface area contributed by atoms with E-state index in [1.165, 1.54) is 0 Å². The summed E-state index contributed by atoms with van der Waals surface area (Å²) in [6.07, 6.45) is 8.66. The van der Waals surface area contributed by atoms with Crippen LogP contribution in [-0.2, 0) is 14.8 Å². The predicted octanol–water partition coefficient (Wildman–Crippen LogP) is 0.387. The van der Waals surface area contributed by atoms with Crippen LogP contribution in [0, 0.1) is 0 Å². The quantitative estimate of drug-likeness (QED) is 0.340. The zero-order valence-electron chi connectivity index (χ0n) is 17.0. The van der Waals surface area contributed by atoms with Gasteiger partial charge in [0, 0.05) is 51.9 Å². The van der Waals surface area contributed by atoms with E-state index in [1.54, 1.807) is 0 Å². The van der Waals surface area contributed by atoms with Gasteiger partial charge in [-0.25, -0.2) is 13.1 Å². The molecular weight excluding hydrogens is 378 g/mol. The van der Waals surface area contributed by atoms with Gasteiger partial charge in [-0.05, 0) is 32.6 Å². The minimum Gasteiger partial charge on any atom is -0.377 e. The lowest BCUT2D eigenvalue weighted by Gasteiger charge is -2.25. The molecule has 3 rings (SSSR count). The average Bonchev–Trinajstić information content (AvgIpc) is 3.38. The highest BCUT2D eigenvalue weighted by Gasteiger charge is 2.29. The van der Waals surface area contributed by atoms with Gasteiger partial charge in [0.1, 0.15) is 0 Å². The number of ether oxygens (including phenoxy) is 1. The van der Waals surface area contributed by atoms with Crippen LogP contribution in [0.15, 0.2) is 17.1 Å². The largest absolute Gasteiger partial charge is 0.377 e. The van der Waals surface area contributed by atoms with Crippen molar-refractivity contribution in [1.82, 2.24) is 19.8 Å². The molecule has 2 atom stereocenters. The van der Waals surface area contributed by atoms with Gasteiger partial charge in [0.2, 0.25) is 10.0 Å². The molecule has 0 spiro atoms. The van der Waals surface area contributed by atoms with E-state index >= 15 is 0 Å². The Bertz CT molecular complexity index is 638. The van der Waals surface area contributed by atoms with E-state index in [4.69, 9.17) is 4.74 Å². The maximum absolute atomic E-state index is 12.3. The Morgan fingerprint density at radius 3 is 2.79 bits per heavy atom. The van der Waals surface area contributed by atoms with E-state index in [1.807, 2.05) is 6.92 Å². The first-order valence-electron chi connectivity index (χ1n) is 10.6. The molecule has 2 N–H and O–H groups in total. The van der Waals surface area contributed by atoms with E-state index in [0.29, 0.717) is 12.6 Å². The van der Waals surface area contributed by atoms with Gasteiger partial charge in [0.05, 0.1) is 18.4 Å². The van der Waals surface area contributed by atoms with Crippen LogP contribution in [0.4, 0.5) is 0 Å². The molecule has 8 nitrogen and oxygen atoms in total. The Labute approximate surface area is 169 Å². The molecule has 3 aliphatic rings. The van der Waals surface area contributed by atoms with Crippen molar-refractivity contribution in [3.63, 3.8) is 0 Å². The third kappa shape index (κ3) is 6.43. The smallest absolute Gasteiger partial charge is 0.213 e. The zero-order chi connectivity index (χ0) is 19.8. The topological polar surface area (TPSA) is 86.3 Å². The average molecular weight is 414 g/mol. The summed E-state index contributed by atoms with van der Waals surface area (Å²) in [6, 6.07) is 0.541. The van der Waals surface area contributed by atoms with Crippen molar-refractivity contribution in [2.45, 2.75) is 44.8 Å². The fourth-order valence-electron chi connectivity index (χ4n) is 3.98. The van der Waals surface area contributed by atoms with Gasteiger partial charge in [0.15, 0.2) is 5.96 Å². The standard InChI is InChI=1S/C19H35N5O3S/c1-2-20-19(24-12-8-17(16-24)23-10-4-5-11-23)21-9-14-28(25,26)22-15-18-7-3-6-13-27-18/h4-5,17-18,22H,2-3,6-16H2,1H3,(H,20,21). The van der Waals surface area contributed by atoms with Crippen molar-refractivity contribution in [3.8, 4) is 0 Å². The third-order valence-electron chi connectivity index (χ3n) is 5.59. The maximum Gasteiger partial charge on any atom is 0.213 e. The number of aliphatic imine (C=N–C) groups is 1. The number of nitrogens with one attached hydrogen (secondary N) is 2. The molecule has 0 amide bonds. The van der Waals surface area contributed by atoms with Crippen LogP contribution in [0.3, 0.4) is 0 Å². The summed E-state index contributed by atoms with van der Waals surface area (Å²) in [4.78, 5) is 9.31. The molecule has 0 radical (unpaired) electrons. The molecule has 0 bridgehead atoms. The number of hydrogen-bond acceptors (Lipinski definition) is 5. The highest BCUT2D eigenvalue weighted by molar-refractivity contribution is 7.89. The van der Waals surface area contributed by atoms with Crippen LogP contribution in [-0.4, -0.2) is 94.5 Å². The molecule has 2 saturated heterocycles. The van der Waals surface area contributed by atoms with Crippen molar-refractivity contribution in [2.75, 3.05) is 58.2 Å². The lowest BCUT2D eigenvalue weighted by Crippen LogP contribution is -2.43. The van der Waals surface area contributed by atoms with Crippen molar-refractivity contribution in [3.05, 3.63) is 12.2 Å². The van der Waals surface area contributed by atoms with Crippen LogP contribution in [0.25, 0.3) is 0 Å². The number of nitrogens with zero attached hydrogens (tertiary/aromatic N) is 3. The molecule has 0 aromatic heterocycles. The lowest BCUT2D eigenvalue weighted by molar-refractivity contribution is 0.0200. The van der Waals surface area contributed by atoms with Crippen molar-refractivity contribution < 1.29 is 13.2 Å². The Morgan fingerprint density at radius 2 is 2.07 bits per heavy atom. The Balaban J connectivity index is 1.45. The minimum absolute atomic E-state index is 0.00191. The number of hydrogen-bond donors (Lipinski definition) is 2. The van der Waals surface area contributed by atoms with Gasteiger partial charge >= 0.3 is 0 Å². The van der Waals surface area contributed by atoms with Crippen molar-refractivity contribution in [1.29, 1.82) is 0 Å². The molecule has 0 aromatic rings. The maximum atomic E-state index is 12.3. The van der Waals surface area contributed by atoms with Gasteiger partial charge in [-0.1, -0.05) is 12.2 Å². The van der Waals surface area contributed by atoms with Crippen LogP contribution in [0.5, 0.6) is 0 Å². The molecule has 9 heteroatoms. The third-order valence-corrected chi connectivity index (χ3v) is 6.91. The summed E-state index contributed by atoms with van der Waals surface area (Å²) in [5.74, 6) is 0.824. The predicted molar refractivity (Wildman–Crippen MR) is 112 cm³/mol. The fraction of sp³-hybridized carbons (Fsp3) is 0.842. The van der Waals surface area contributed by atoms with E-state index in [-0.39, 0.29) is 18.4 Å². The van der Waals surface area contributed by atoms with Crippen LogP contribution in [0.2, 0.25) is 0 Å². The molecule has 0 saturated carbocycles. The SMILES string of the molecule is CCNC(=NCCS(=O)(=O)NCC1CCCCO1)N1CCC(N2CC=CC2)C1. The molecule has 3 aliphatic heterocycles. The van der Waals surface area contributed by atoms with Gasteiger partial charge < -0.3 is 15.0 Å². The highest BCUT2D eigenvalue weighted by Crippen LogP contribution is 2.18. The summed E-state index contributed by atoms with van der Waals surface area (Å²) >= 11 is 0. The molecule has 28 heavy (non-hydrogen) atoms. The summed E-state index contributed by atoms with van der Waals surface area (Å²) < 4.78 is 32.8. The van der Waals surface area contributed by atoms with Crippen molar-refractivity contribution >= 4 is 16.0 Å². The number of guanidine groups is 1. The molecule has 2 unspecified atom stereocenters. The number of likely N-dealkylation sites (tertiary alicyclic amines) is 1. The second-order valence-corrected chi connectivity index (χ2v) is 9.63. The van der Waals surface area contributed by atoms with E-state index in [9.17, 15) is 8.42 Å². The minimum atomic E-state index is -3.34. The second kappa shape index (κ2) is 10.6. The molecule has 3 heterocycles. The highest BCUT2D eigenvalue weighted by atomic mass is 32.2. The van der Waals surface area contributed by atoms with Crippen LogP contribution < -0.4 is 10.0 Å². The first-order valence-corrected chi connectivity index (χ1v) is 12.2. The number of sulfonamides is 1. The molecule has 0 aromatic carbocycles.